The Morgan fingerprint density at radius 1 is 1.50 bits per heavy atom. The molecule has 3 N–H and O–H groups in total. The predicted octanol–water partition coefficient (Wildman–Crippen LogP) is 1.62. The van der Waals surface area contributed by atoms with Gasteiger partial charge in [-0.25, -0.2) is 4.39 Å². The van der Waals surface area contributed by atoms with Crippen LogP contribution >= 0.6 is 0 Å². The van der Waals surface area contributed by atoms with Gasteiger partial charge >= 0.3 is 0 Å². The minimum Gasteiger partial charge on any atom is -0.495 e. The zero-order chi connectivity index (χ0) is 13.3. The second-order valence-corrected chi connectivity index (χ2v) is 4.82. The van der Waals surface area contributed by atoms with E-state index < -0.39 is 6.10 Å². The second kappa shape index (κ2) is 5.02. The van der Waals surface area contributed by atoms with Crippen molar-refractivity contribution in [2.75, 3.05) is 30.8 Å². The lowest BCUT2D eigenvalue weighted by Gasteiger charge is -2.36. The van der Waals surface area contributed by atoms with Crippen molar-refractivity contribution in [2.24, 2.45) is 5.92 Å². The van der Waals surface area contributed by atoms with Crippen molar-refractivity contribution in [1.29, 1.82) is 0 Å². The van der Waals surface area contributed by atoms with E-state index in [2.05, 4.69) is 0 Å². The summed E-state index contributed by atoms with van der Waals surface area (Å²) in [6, 6.07) is 2.85. The summed E-state index contributed by atoms with van der Waals surface area (Å²) in [4.78, 5) is 1.84. The number of methoxy groups -OCH3 is 1. The molecule has 1 fully saturated rings. The number of hydrogen-bond donors (Lipinski definition) is 2. The van der Waals surface area contributed by atoms with E-state index in [0.717, 1.165) is 13.0 Å². The molecule has 0 spiro atoms. The van der Waals surface area contributed by atoms with Gasteiger partial charge in [0.15, 0.2) is 0 Å². The molecule has 18 heavy (non-hydrogen) atoms. The Morgan fingerprint density at radius 3 is 2.83 bits per heavy atom. The number of halogens is 1. The van der Waals surface area contributed by atoms with E-state index >= 15 is 0 Å². The topological polar surface area (TPSA) is 58.7 Å². The normalized spacial score (nSPS) is 24.1. The third-order valence-electron chi connectivity index (χ3n) is 3.56. The van der Waals surface area contributed by atoms with Gasteiger partial charge in [-0.3, -0.25) is 0 Å². The van der Waals surface area contributed by atoms with Crippen LogP contribution in [0.15, 0.2) is 12.1 Å². The summed E-state index contributed by atoms with van der Waals surface area (Å²) in [6.07, 6.45) is 0.412. The van der Waals surface area contributed by atoms with Gasteiger partial charge in [-0.1, -0.05) is 6.92 Å². The molecule has 0 aliphatic carbocycles. The van der Waals surface area contributed by atoms with Gasteiger partial charge in [0.2, 0.25) is 0 Å². The number of rotatable bonds is 2. The number of aliphatic hydroxyl groups excluding tert-OH is 1. The van der Waals surface area contributed by atoms with Crippen LogP contribution in [0.3, 0.4) is 0 Å². The van der Waals surface area contributed by atoms with E-state index in [-0.39, 0.29) is 17.4 Å². The van der Waals surface area contributed by atoms with Crippen molar-refractivity contribution in [3.05, 3.63) is 17.9 Å². The number of nitrogens with zero attached hydrogens (tertiary/aromatic N) is 1. The molecule has 5 heteroatoms. The van der Waals surface area contributed by atoms with Gasteiger partial charge < -0.3 is 20.5 Å². The van der Waals surface area contributed by atoms with Crippen LogP contribution in [0.25, 0.3) is 0 Å². The van der Waals surface area contributed by atoms with Gasteiger partial charge in [0.1, 0.15) is 11.6 Å². The Morgan fingerprint density at radius 2 is 2.22 bits per heavy atom. The van der Waals surface area contributed by atoms with Crippen LogP contribution in [0.5, 0.6) is 5.75 Å². The van der Waals surface area contributed by atoms with Crippen LogP contribution in [0.2, 0.25) is 0 Å². The summed E-state index contributed by atoms with van der Waals surface area (Å²) in [5.41, 5.74) is 6.37. The van der Waals surface area contributed by atoms with Crippen LogP contribution in [0, 0.1) is 11.7 Å². The maximum absolute atomic E-state index is 13.9. The first kappa shape index (κ1) is 13.0. The van der Waals surface area contributed by atoms with E-state index in [1.54, 1.807) is 6.07 Å². The lowest BCUT2D eigenvalue weighted by molar-refractivity contribution is 0.102. The number of benzene rings is 1. The highest BCUT2D eigenvalue weighted by atomic mass is 19.1. The van der Waals surface area contributed by atoms with Crippen LogP contribution < -0.4 is 15.4 Å². The summed E-state index contributed by atoms with van der Waals surface area (Å²) < 4.78 is 19.0. The maximum atomic E-state index is 13.9. The average molecular weight is 254 g/mol. The molecule has 1 aromatic carbocycles. The second-order valence-electron chi connectivity index (χ2n) is 4.82. The van der Waals surface area contributed by atoms with Crippen molar-refractivity contribution in [3.63, 3.8) is 0 Å². The minimum absolute atomic E-state index is 0.250. The van der Waals surface area contributed by atoms with Gasteiger partial charge in [-0.2, -0.15) is 0 Å². The summed E-state index contributed by atoms with van der Waals surface area (Å²) in [5.74, 6) is 0.328. The molecule has 0 radical (unpaired) electrons. The van der Waals surface area contributed by atoms with Gasteiger partial charge in [-0.15, -0.1) is 0 Å². The molecule has 2 unspecified atom stereocenters. The molecule has 1 saturated heterocycles. The van der Waals surface area contributed by atoms with Crippen molar-refractivity contribution in [1.82, 2.24) is 0 Å². The Balaban J connectivity index is 2.28. The third-order valence-corrected chi connectivity index (χ3v) is 3.56. The molecule has 2 rings (SSSR count). The van der Waals surface area contributed by atoms with Crippen LogP contribution in [-0.2, 0) is 0 Å². The molecule has 4 nitrogen and oxygen atoms in total. The Labute approximate surface area is 106 Å². The number of β-amino-alcohol motifs (C(OH)–C–C–N with tert-alkyl or cyclic N) is 1. The highest BCUT2D eigenvalue weighted by Gasteiger charge is 2.26. The Hall–Kier alpha value is -1.49. The van der Waals surface area contributed by atoms with E-state index in [9.17, 15) is 9.50 Å². The molecule has 0 saturated carbocycles. The number of aliphatic hydroxyl groups is 1. The summed E-state index contributed by atoms with van der Waals surface area (Å²) in [5, 5.41) is 9.86. The zero-order valence-corrected chi connectivity index (χ0v) is 10.7. The first-order chi connectivity index (χ1) is 8.52. The quantitative estimate of drug-likeness (QED) is 0.787. The first-order valence-corrected chi connectivity index (χ1v) is 6.09. The smallest absolute Gasteiger partial charge is 0.148 e. The predicted molar refractivity (Wildman–Crippen MR) is 69.4 cm³/mol. The molecule has 0 aromatic heterocycles. The summed E-state index contributed by atoms with van der Waals surface area (Å²) >= 11 is 0. The SMILES string of the molecule is COc1cc(N2CCC(C)C(O)C2)c(F)cc1N. The van der Waals surface area contributed by atoms with Crippen LogP contribution in [0.1, 0.15) is 13.3 Å². The number of piperidine rings is 1. The molecule has 0 bridgehead atoms. The minimum atomic E-state index is -0.429. The van der Waals surface area contributed by atoms with Gasteiger partial charge in [0.05, 0.1) is 24.6 Å². The standard InChI is InChI=1S/C13H19FN2O2/c1-8-3-4-16(7-12(8)17)11-6-13(18-2)10(15)5-9(11)14/h5-6,8,12,17H,3-4,7,15H2,1-2H3. The van der Waals surface area contributed by atoms with E-state index in [0.29, 0.717) is 18.0 Å². The number of nitrogen functional groups attached to an aromatic ring is 1. The molecule has 100 valence electrons. The highest BCUT2D eigenvalue weighted by Crippen LogP contribution is 2.32. The number of nitrogens with two attached hydrogens (primary N) is 1. The fourth-order valence-corrected chi connectivity index (χ4v) is 2.24. The van der Waals surface area contributed by atoms with Crippen LogP contribution in [-0.4, -0.2) is 31.4 Å². The van der Waals surface area contributed by atoms with E-state index in [1.165, 1.54) is 13.2 Å². The van der Waals surface area contributed by atoms with Crippen molar-refractivity contribution >= 4 is 11.4 Å². The molecule has 1 aliphatic heterocycles. The van der Waals surface area contributed by atoms with E-state index in [4.69, 9.17) is 10.5 Å². The highest BCUT2D eigenvalue weighted by molar-refractivity contribution is 5.63. The first-order valence-electron chi connectivity index (χ1n) is 6.09. The fourth-order valence-electron chi connectivity index (χ4n) is 2.24. The van der Waals surface area contributed by atoms with Crippen molar-refractivity contribution < 1.29 is 14.2 Å². The monoisotopic (exact) mass is 254 g/mol. The number of anilines is 2. The summed E-state index contributed by atoms with van der Waals surface area (Å²) in [6.45, 7) is 3.16. The van der Waals surface area contributed by atoms with Gasteiger partial charge in [0, 0.05) is 25.2 Å². The molecular formula is C13H19FN2O2. The lowest BCUT2D eigenvalue weighted by atomic mass is 9.95. The van der Waals surface area contributed by atoms with E-state index in [1.807, 2.05) is 11.8 Å². The molecule has 1 aromatic rings. The van der Waals surface area contributed by atoms with Gasteiger partial charge in [0.25, 0.3) is 0 Å². The molecular weight excluding hydrogens is 235 g/mol. The summed E-state index contributed by atoms with van der Waals surface area (Å²) in [7, 11) is 1.50. The Kier molecular flexibility index (Phi) is 3.61. The zero-order valence-electron chi connectivity index (χ0n) is 10.7. The van der Waals surface area contributed by atoms with Crippen molar-refractivity contribution in [3.8, 4) is 5.75 Å². The molecule has 1 aliphatic rings. The molecule has 2 atom stereocenters. The average Bonchev–Trinajstić information content (AvgIpc) is 2.33. The Bertz CT molecular complexity index is 439. The van der Waals surface area contributed by atoms with Crippen LogP contribution in [0.4, 0.5) is 15.8 Å². The molecule has 0 amide bonds. The number of ether oxygens (including phenoxy) is 1. The maximum Gasteiger partial charge on any atom is 0.148 e. The molecule has 1 heterocycles. The van der Waals surface area contributed by atoms with Crippen molar-refractivity contribution in [2.45, 2.75) is 19.4 Å². The fraction of sp³-hybridized carbons (Fsp3) is 0.538. The lowest BCUT2D eigenvalue weighted by Crippen LogP contribution is -2.43. The number of hydrogen-bond acceptors (Lipinski definition) is 4. The van der Waals surface area contributed by atoms with Gasteiger partial charge in [-0.05, 0) is 12.3 Å². The largest absolute Gasteiger partial charge is 0.495 e. The third kappa shape index (κ3) is 2.36.